The molecule has 0 amide bonds. The minimum atomic E-state index is -0.237. The van der Waals surface area contributed by atoms with E-state index in [2.05, 4.69) is 41.3 Å². The molecule has 0 radical (unpaired) electrons. The second-order valence-corrected chi connectivity index (χ2v) is 6.15. The van der Waals surface area contributed by atoms with Gasteiger partial charge in [0.05, 0.1) is 6.54 Å². The van der Waals surface area contributed by atoms with Gasteiger partial charge in [-0.2, -0.15) is 0 Å². The average Bonchev–Trinajstić information content (AvgIpc) is 2.69. The van der Waals surface area contributed by atoms with Crippen LogP contribution in [-0.4, -0.2) is 24.0 Å². The zero-order chi connectivity index (χ0) is 18.2. The molecule has 0 saturated carbocycles. The molecule has 0 fully saturated rings. The molecule has 3 heteroatoms. The summed E-state index contributed by atoms with van der Waals surface area (Å²) in [5, 5.41) is 0. The normalized spacial score (nSPS) is 10.7. The van der Waals surface area contributed by atoms with Crippen molar-refractivity contribution >= 4 is 5.97 Å². The van der Waals surface area contributed by atoms with Crippen LogP contribution in [0, 0.1) is 0 Å². The molecule has 0 saturated heterocycles. The molecule has 26 heavy (non-hydrogen) atoms. The number of nitrogens with zero attached hydrogens (tertiary/aromatic N) is 1. The van der Waals surface area contributed by atoms with Crippen molar-refractivity contribution in [1.82, 2.24) is 4.90 Å². The van der Waals surface area contributed by atoms with E-state index in [0.29, 0.717) is 5.75 Å². The van der Waals surface area contributed by atoms with Crippen molar-refractivity contribution in [1.29, 1.82) is 0 Å². The molecule has 3 aromatic rings. The van der Waals surface area contributed by atoms with Gasteiger partial charge < -0.3 is 4.74 Å². The zero-order valence-electron chi connectivity index (χ0n) is 15.0. The molecule has 0 aliphatic heterocycles. The third kappa shape index (κ3) is 5.04. The van der Waals surface area contributed by atoms with Gasteiger partial charge in [0.1, 0.15) is 5.75 Å². The Bertz CT molecular complexity index is 814. The van der Waals surface area contributed by atoms with Gasteiger partial charge >= 0.3 is 5.97 Å². The second kappa shape index (κ2) is 8.97. The fraction of sp³-hybridized carbons (Fsp3) is 0.174. The minimum absolute atomic E-state index is 0.237. The van der Waals surface area contributed by atoms with E-state index < -0.39 is 0 Å². The van der Waals surface area contributed by atoms with Gasteiger partial charge in [0.2, 0.25) is 0 Å². The highest BCUT2D eigenvalue weighted by atomic mass is 16.5. The first kappa shape index (κ1) is 17.9. The van der Waals surface area contributed by atoms with Crippen LogP contribution < -0.4 is 4.74 Å². The highest BCUT2D eigenvalue weighted by Gasteiger charge is 2.12. The lowest BCUT2D eigenvalue weighted by atomic mass is 10.0. The summed E-state index contributed by atoms with van der Waals surface area (Å²) in [6.45, 7) is 3.82. The van der Waals surface area contributed by atoms with Crippen LogP contribution in [0.3, 0.4) is 0 Å². The first-order chi connectivity index (χ1) is 12.7. The first-order valence-electron chi connectivity index (χ1n) is 8.87. The highest BCUT2D eigenvalue weighted by molar-refractivity contribution is 5.74. The Morgan fingerprint density at radius 1 is 0.808 bits per heavy atom. The van der Waals surface area contributed by atoms with Gasteiger partial charge in [-0.05, 0) is 35.4 Å². The number of likely N-dealkylation sites (N-methyl/N-ethyl adjacent to an activating group) is 1. The SMILES string of the molecule is CCN(CC(=O)Oc1ccccc1)Cc1ccc(-c2ccccc2)cc1. The summed E-state index contributed by atoms with van der Waals surface area (Å²) in [6.07, 6.45) is 0. The van der Waals surface area contributed by atoms with Crippen LogP contribution in [-0.2, 0) is 11.3 Å². The predicted octanol–water partition coefficient (Wildman–Crippen LogP) is 4.78. The van der Waals surface area contributed by atoms with Gasteiger partial charge in [-0.25, -0.2) is 0 Å². The molecule has 3 aromatic carbocycles. The van der Waals surface area contributed by atoms with Crippen LogP contribution in [0.1, 0.15) is 12.5 Å². The molecule has 132 valence electrons. The molecule has 0 aliphatic rings. The van der Waals surface area contributed by atoms with Gasteiger partial charge in [-0.1, -0.05) is 79.7 Å². The summed E-state index contributed by atoms with van der Waals surface area (Å²) in [4.78, 5) is 14.2. The molecular weight excluding hydrogens is 322 g/mol. The predicted molar refractivity (Wildman–Crippen MR) is 105 cm³/mol. The molecule has 0 N–H and O–H groups in total. The number of rotatable bonds is 7. The van der Waals surface area contributed by atoms with Gasteiger partial charge in [0.25, 0.3) is 0 Å². The van der Waals surface area contributed by atoms with Crippen LogP contribution in [0.15, 0.2) is 84.9 Å². The number of carbonyl (C=O) groups excluding carboxylic acids is 1. The number of carbonyl (C=O) groups is 1. The van der Waals surface area contributed by atoms with Crippen molar-refractivity contribution in [3.63, 3.8) is 0 Å². The molecule has 0 heterocycles. The maximum atomic E-state index is 12.1. The molecule has 3 rings (SSSR count). The Morgan fingerprint density at radius 3 is 2.00 bits per heavy atom. The zero-order valence-corrected chi connectivity index (χ0v) is 15.0. The van der Waals surface area contributed by atoms with Crippen molar-refractivity contribution in [3.8, 4) is 16.9 Å². The van der Waals surface area contributed by atoms with Crippen molar-refractivity contribution in [2.24, 2.45) is 0 Å². The fourth-order valence-corrected chi connectivity index (χ4v) is 2.81. The number of ether oxygens (including phenoxy) is 1. The molecule has 0 aliphatic carbocycles. The van der Waals surface area contributed by atoms with E-state index in [0.717, 1.165) is 13.1 Å². The maximum absolute atomic E-state index is 12.1. The van der Waals surface area contributed by atoms with E-state index in [1.54, 1.807) is 12.1 Å². The van der Waals surface area contributed by atoms with E-state index in [4.69, 9.17) is 4.74 Å². The maximum Gasteiger partial charge on any atom is 0.325 e. The van der Waals surface area contributed by atoms with Crippen LogP contribution in [0.4, 0.5) is 0 Å². The van der Waals surface area contributed by atoms with Gasteiger partial charge in [-0.3, -0.25) is 9.69 Å². The van der Waals surface area contributed by atoms with Crippen LogP contribution in [0.25, 0.3) is 11.1 Å². The number of hydrogen-bond acceptors (Lipinski definition) is 3. The quantitative estimate of drug-likeness (QED) is 0.456. The third-order valence-corrected chi connectivity index (χ3v) is 4.24. The van der Waals surface area contributed by atoms with E-state index >= 15 is 0 Å². The largest absolute Gasteiger partial charge is 0.426 e. The van der Waals surface area contributed by atoms with Crippen molar-refractivity contribution in [2.75, 3.05) is 13.1 Å². The summed E-state index contributed by atoms with van der Waals surface area (Å²) in [6, 6.07) is 28.0. The summed E-state index contributed by atoms with van der Waals surface area (Å²) >= 11 is 0. The molecule has 0 atom stereocenters. The van der Waals surface area contributed by atoms with E-state index in [-0.39, 0.29) is 12.5 Å². The van der Waals surface area contributed by atoms with Crippen LogP contribution >= 0.6 is 0 Å². The molecule has 0 unspecified atom stereocenters. The standard InChI is InChI=1S/C23H23NO2/c1-2-24(18-23(25)26-22-11-7-4-8-12-22)17-19-13-15-21(16-14-19)20-9-5-3-6-10-20/h3-16H,2,17-18H2,1H3. The summed E-state index contributed by atoms with van der Waals surface area (Å²) in [5.41, 5.74) is 3.58. The van der Waals surface area contributed by atoms with Crippen molar-refractivity contribution in [3.05, 3.63) is 90.5 Å². The van der Waals surface area contributed by atoms with Crippen molar-refractivity contribution < 1.29 is 9.53 Å². The monoisotopic (exact) mass is 345 g/mol. The Kier molecular flexibility index (Phi) is 6.18. The number of para-hydroxylation sites is 1. The molecule has 3 nitrogen and oxygen atoms in total. The smallest absolute Gasteiger partial charge is 0.325 e. The van der Waals surface area contributed by atoms with Gasteiger partial charge in [-0.15, -0.1) is 0 Å². The Morgan fingerprint density at radius 2 is 1.38 bits per heavy atom. The van der Waals surface area contributed by atoms with Crippen LogP contribution in [0.2, 0.25) is 0 Å². The molecule has 0 aromatic heterocycles. The Balaban J connectivity index is 1.58. The minimum Gasteiger partial charge on any atom is -0.426 e. The lowest BCUT2D eigenvalue weighted by molar-refractivity contribution is -0.135. The third-order valence-electron chi connectivity index (χ3n) is 4.24. The second-order valence-electron chi connectivity index (χ2n) is 6.15. The lowest BCUT2D eigenvalue weighted by Gasteiger charge is -2.19. The topological polar surface area (TPSA) is 29.5 Å². The number of hydrogen-bond donors (Lipinski definition) is 0. The summed E-state index contributed by atoms with van der Waals surface area (Å²) in [5.74, 6) is 0.347. The Hall–Kier alpha value is -2.91. The van der Waals surface area contributed by atoms with Crippen LogP contribution in [0.5, 0.6) is 5.75 Å². The van der Waals surface area contributed by atoms with E-state index in [9.17, 15) is 4.79 Å². The fourth-order valence-electron chi connectivity index (χ4n) is 2.81. The highest BCUT2D eigenvalue weighted by Crippen LogP contribution is 2.19. The van der Waals surface area contributed by atoms with Gasteiger partial charge in [0, 0.05) is 6.54 Å². The first-order valence-corrected chi connectivity index (χ1v) is 8.87. The lowest BCUT2D eigenvalue weighted by Crippen LogP contribution is -2.31. The summed E-state index contributed by atoms with van der Waals surface area (Å²) < 4.78 is 5.38. The average molecular weight is 345 g/mol. The number of esters is 1. The van der Waals surface area contributed by atoms with Crippen molar-refractivity contribution in [2.45, 2.75) is 13.5 Å². The summed E-state index contributed by atoms with van der Waals surface area (Å²) in [7, 11) is 0. The molecule has 0 spiro atoms. The molecule has 0 bridgehead atoms. The van der Waals surface area contributed by atoms with Gasteiger partial charge in [0.15, 0.2) is 0 Å². The number of benzene rings is 3. The Labute approximate surface area is 154 Å². The van der Waals surface area contributed by atoms with E-state index in [1.807, 2.05) is 43.3 Å². The molecular formula is C23H23NO2. The van der Waals surface area contributed by atoms with E-state index in [1.165, 1.54) is 16.7 Å².